The molecule has 8 N–H and O–H groups in total. The molecular formula is C80H99N39. The quantitative estimate of drug-likeness (QED) is 0.0373. The Labute approximate surface area is 686 Å². The second-order valence-electron chi connectivity index (χ2n) is 29.2. The third-order valence-corrected chi connectivity index (χ3v) is 21.2. The molecule has 119 heavy (non-hydrogen) atoms. The van der Waals surface area contributed by atoms with Crippen LogP contribution in [0.25, 0.3) is 67.6 Å². The zero-order valence-electron chi connectivity index (χ0n) is 64.3. The number of nitrogens with one attached hydrogen (secondary N) is 8. The standard InChI is InChI=1S/C21H24N10.C20H24N10.C18H20N10.C18H19N9.3CH4/c1-2-15(1)13-29-5-7-30(8-6-29)19-4-3-17(11-22-19)28-20-21-24-14-27-31(21)18(12-23-20)16-9-25-26-10-16;1-14(2)28-5-7-29(8-6-28)18-4-3-16(11-21-18)27-19-20-23-13-26-30(20)17(12-22-19)15-9-24-25-10-15;1-26-4-6-27(7-5-26)16-3-2-14(10-19-16)25-17-18-21-12-24-28(18)15(11-20-17)13-8-22-23-9-13;1-2-6-26(7-3-1)16-5-4-14(10-19-16)25-17-18-21-12-24-27(18)15(11-20-17)13-8-22-23-9-13;;;/h3-4,9-12,14-15H,1-2,5-8,13H2,(H,23,28)(H,25,26);3-4,9-14H,5-8H2,1-2H3,(H,22,27)(H,24,25);2-3,8-12H,4-7H2,1H3,(H,20,25)(H,22,23);4-5,8-12H,1-3,6-7H2,(H,20,25)(H,22,23);3*1H4. The highest BCUT2D eigenvalue weighted by atomic mass is 15.4. The molecule has 21 rings (SSSR count). The highest BCUT2D eigenvalue weighted by Gasteiger charge is 2.28. The zero-order valence-corrected chi connectivity index (χ0v) is 64.3. The van der Waals surface area contributed by atoms with Crippen molar-refractivity contribution in [2.75, 3.05) is 146 Å². The molecule has 4 aliphatic heterocycles. The van der Waals surface area contributed by atoms with Gasteiger partial charge in [0.05, 0.1) is 120 Å². The maximum atomic E-state index is 4.68. The van der Waals surface area contributed by atoms with Gasteiger partial charge in [0.1, 0.15) is 48.6 Å². The zero-order chi connectivity index (χ0) is 78.1. The fourth-order valence-corrected chi connectivity index (χ4v) is 14.6. The molecule has 0 unspecified atom stereocenters. The number of pyridine rings is 4. The van der Waals surface area contributed by atoms with Crippen LogP contribution in [0.15, 0.2) is 173 Å². The minimum Gasteiger partial charge on any atom is -0.357 e. The highest BCUT2D eigenvalue weighted by Crippen LogP contribution is 2.33. The van der Waals surface area contributed by atoms with E-state index in [0.717, 1.165) is 189 Å². The molecule has 0 bridgehead atoms. The van der Waals surface area contributed by atoms with Crippen LogP contribution in [0, 0.1) is 5.92 Å². The summed E-state index contributed by atoms with van der Waals surface area (Å²) >= 11 is 0. The van der Waals surface area contributed by atoms with E-state index in [2.05, 4.69) is 210 Å². The van der Waals surface area contributed by atoms with E-state index in [-0.39, 0.29) is 22.3 Å². The SMILES string of the molecule is C.C.C.CC(C)N1CCN(c2ccc(Nc3ncc(-c4cn[nH]c4)n4ncnc34)cn2)CC1.CN1CCN(c2ccc(Nc3ncc(-c4cn[nH]c4)n4ncnc34)cn2)CC1.c1nc2c(Nc3ccc(N4CCCCC4)nc3)ncc(-c3cn[nH]c3)n2n1.c1nc2c(Nc3ccc(N4CCN(CC5CC5)CC4)nc3)ncc(-c3cn[nH]c3)n2n1. The summed E-state index contributed by atoms with van der Waals surface area (Å²) < 4.78 is 6.99. The molecule has 5 fully saturated rings. The van der Waals surface area contributed by atoms with Crippen molar-refractivity contribution in [3.63, 3.8) is 0 Å². The maximum Gasteiger partial charge on any atom is 0.199 e. The van der Waals surface area contributed by atoms with Crippen LogP contribution in [0.1, 0.15) is 68.2 Å². The molecular weight excluding hydrogens is 1510 g/mol. The van der Waals surface area contributed by atoms with E-state index < -0.39 is 0 Å². The summed E-state index contributed by atoms with van der Waals surface area (Å²) in [5.41, 5.74) is 12.9. The van der Waals surface area contributed by atoms with Crippen molar-refractivity contribution in [2.45, 2.75) is 74.3 Å². The minimum absolute atomic E-state index is 0. The van der Waals surface area contributed by atoms with Crippen LogP contribution in [0.5, 0.6) is 0 Å². The first-order valence-electron chi connectivity index (χ1n) is 39.0. The molecule has 0 spiro atoms. The number of piperazine rings is 3. The molecule has 39 nitrogen and oxygen atoms in total. The molecule has 1 aliphatic carbocycles. The average Bonchev–Trinajstić information content (AvgIpc) is 1.68. The molecule has 0 atom stereocenters. The van der Waals surface area contributed by atoms with Gasteiger partial charge in [0.15, 0.2) is 45.9 Å². The van der Waals surface area contributed by atoms with Crippen molar-refractivity contribution >= 4 is 91.9 Å². The van der Waals surface area contributed by atoms with Crippen LogP contribution in [0.3, 0.4) is 0 Å². The van der Waals surface area contributed by atoms with Gasteiger partial charge in [0.25, 0.3) is 0 Å². The summed E-state index contributed by atoms with van der Waals surface area (Å²) in [5.74, 6) is 7.51. The predicted octanol–water partition coefficient (Wildman–Crippen LogP) is 10.3. The van der Waals surface area contributed by atoms with Crippen LogP contribution >= 0.6 is 0 Å². The molecule has 0 aromatic carbocycles. The van der Waals surface area contributed by atoms with Gasteiger partial charge in [-0.25, -0.2) is 77.9 Å². The number of fused-ring (bicyclic) bond motifs is 4. The third-order valence-electron chi connectivity index (χ3n) is 21.2. The van der Waals surface area contributed by atoms with Gasteiger partial charge in [-0.15, -0.1) is 0 Å². The summed E-state index contributed by atoms with van der Waals surface area (Å²) in [6.07, 6.45) is 41.2. The lowest BCUT2D eigenvalue weighted by Crippen LogP contribution is -2.49. The first kappa shape index (κ1) is 80.1. The van der Waals surface area contributed by atoms with Crippen molar-refractivity contribution in [3.05, 3.63) is 173 Å². The molecule has 614 valence electrons. The van der Waals surface area contributed by atoms with Gasteiger partial charge in [-0.3, -0.25) is 30.2 Å². The number of rotatable bonds is 19. The lowest BCUT2D eigenvalue weighted by Gasteiger charge is -2.37. The second-order valence-corrected chi connectivity index (χ2v) is 29.2. The topological polar surface area (TPSA) is 409 Å². The van der Waals surface area contributed by atoms with Crippen molar-refractivity contribution in [1.29, 1.82) is 0 Å². The number of aromatic nitrogens is 28. The summed E-state index contributed by atoms with van der Waals surface area (Å²) in [7, 11) is 2.15. The van der Waals surface area contributed by atoms with E-state index in [1.807, 2.05) is 61.2 Å². The van der Waals surface area contributed by atoms with E-state index in [1.54, 1.807) is 92.4 Å². The fraction of sp³-hybridized carbons (Fsp3) is 0.350. The molecule has 39 heteroatoms. The largest absolute Gasteiger partial charge is 0.357 e. The summed E-state index contributed by atoms with van der Waals surface area (Å²) in [6.45, 7) is 20.5. The van der Waals surface area contributed by atoms with Crippen molar-refractivity contribution < 1.29 is 0 Å². The molecule has 1 saturated carbocycles. The first-order chi connectivity index (χ1) is 57.2. The Bertz CT molecular complexity index is 5790. The number of aromatic amines is 4. The Balaban J connectivity index is 0.000000123. The lowest BCUT2D eigenvalue weighted by atomic mass is 10.1. The predicted molar refractivity (Wildman–Crippen MR) is 460 cm³/mol. The monoisotopic (exact) mass is 1610 g/mol. The van der Waals surface area contributed by atoms with Crippen molar-refractivity contribution in [2.24, 2.45) is 5.92 Å². The number of H-pyrrole nitrogens is 4. The average molecular weight is 1610 g/mol. The third kappa shape index (κ3) is 18.3. The van der Waals surface area contributed by atoms with Gasteiger partial charge in [-0.1, -0.05) is 22.3 Å². The van der Waals surface area contributed by atoms with E-state index >= 15 is 0 Å². The van der Waals surface area contributed by atoms with Crippen LogP contribution in [-0.4, -0.2) is 265 Å². The molecule has 0 radical (unpaired) electrons. The smallest absolute Gasteiger partial charge is 0.199 e. The Morgan fingerprint density at radius 2 is 0.639 bits per heavy atom. The van der Waals surface area contributed by atoms with E-state index in [0.29, 0.717) is 51.9 Å². The Morgan fingerprint density at radius 1 is 0.336 bits per heavy atom. The molecule has 16 aromatic rings. The molecule has 5 aliphatic rings. The van der Waals surface area contributed by atoms with Crippen LogP contribution in [0.4, 0.5) is 69.3 Å². The molecule has 4 saturated heterocycles. The number of hydrogen-bond acceptors (Lipinski definition) is 31. The van der Waals surface area contributed by atoms with Crippen molar-refractivity contribution in [3.8, 4) is 45.0 Å². The van der Waals surface area contributed by atoms with Crippen LogP contribution in [0.2, 0.25) is 0 Å². The lowest BCUT2D eigenvalue weighted by molar-refractivity contribution is 0.209. The van der Waals surface area contributed by atoms with Crippen LogP contribution in [-0.2, 0) is 0 Å². The number of likely N-dealkylation sites (N-methyl/N-ethyl adjacent to an activating group) is 1. The van der Waals surface area contributed by atoms with Gasteiger partial charge in [-0.05, 0) is 107 Å². The Morgan fingerprint density at radius 3 is 0.916 bits per heavy atom. The van der Waals surface area contributed by atoms with E-state index in [1.165, 1.54) is 64.0 Å². The number of piperidine rings is 1. The molecule has 16 aromatic heterocycles. The van der Waals surface area contributed by atoms with Gasteiger partial charge in [0, 0.05) is 151 Å². The highest BCUT2D eigenvalue weighted by molar-refractivity contribution is 5.77. The van der Waals surface area contributed by atoms with Gasteiger partial charge in [0.2, 0.25) is 0 Å². The van der Waals surface area contributed by atoms with E-state index in [4.69, 9.17) is 0 Å². The fourth-order valence-electron chi connectivity index (χ4n) is 14.6. The second kappa shape index (κ2) is 36.8. The van der Waals surface area contributed by atoms with Gasteiger partial charge >= 0.3 is 0 Å². The van der Waals surface area contributed by atoms with Crippen LogP contribution < -0.4 is 40.9 Å². The summed E-state index contributed by atoms with van der Waals surface area (Å²) in [5, 5.41) is 57.7. The normalized spacial score (nSPS) is 15.3. The minimum atomic E-state index is 0. The summed E-state index contributed by atoms with van der Waals surface area (Å²) in [4.78, 5) is 70.9. The number of hydrogen-bond donors (Lipinski definition) is 8. The summed E-state index contributed by atoms with van der Waals surface area (Å²) in [6, 6.07) is 16.9. The van der Waals surface area contributed by atoms with Gasteiger partial charge < -0.3 is 45.8 Å². The maximum absolute atomic E-state index is 4.68. The number of anilines is 12. The molecule has 20 heterocycles. The first-order valence-corrected chi connectivity index (χ1v) is 39.0. The Hall–Kier alpha value is -14.1. The van der Waals surface area contributed by atoms with Crippen molar-refractivity contribution in [1.82, 2.24) is 154 Å². The van der Waals surface area contributed by atoms with Gasteiger partial charge in [-0.2, -0.15) is 40.8 Å². The van der Waals surface area contributed by atoms with E-state index in [9.17, 15) is 0 Å². The number of nitrogens with zero attached hydrogens (tertiary/aromatic N) is 31. The molecule has 0 amide bonds. The Kier molecular flexibility index (Phi) is 24.8.